The van der Waals surface area contributed by atoms with Crippen molar-refractivity contribution in [2.24, 2.45) is 11.3 Å². The normalized spacial score (nSPS) is 14.0. The Hall–Kier alpha value is -0.900. The summed E-state index contributed by atoms with van der Waals surface area (Å²) in [6.07, 6.45) is 2.64. The number of hydrogen-bond donors (Lipinski definition) is 2. The quantitative estimate of drug-likeness (QED) is 0.676. The molecule has 0 aliphatic carbocycles. The summed E-state index contributed by atoms with van der Waals surface area (Å²) in [5.41, 5.74) is -0.424. The van der Waals surface area contributed by atoms with Crippen molar-refractivity contribution in [3.63, 3.8) is 0 Å². The minimum Gasteiger partial charge on any atom is -0.356 e. The van der Waals surface area contributed by atoms with E-state index >= 15 is 0 Å². The maximum Gasteiger partial charge on any atom is 0.222 e. The lowest BCUT2D eigenvalue weighted by Crippen LogP contribution is -2.50. The highest BCUT2D eigenvalue weighted by Gasteiger charge is 2.31. The Bertz CT molecular complexity index is 362. The molecular formula is C18H36N2O2. The molecule has 0 aromatic rings. The van der Waals surface area contributed by atoms with Crippen LogP contribution in [0.1, 0.15) is 74.7 Å². The van der Waals surface area contributed by atoms with Crippen LogP contribution in [0.4, 0.5) is 0 Å². The van der Waals surface area contributed by atoms with Gasteiger partial charge in [0, 0.05) is 23.4 Å². The van der Waals surface area contributed by atoms with E-state index in [4.69, 9.17) is 0 Å². The zero-order chi connectivity index (χ0) is 17.6. The van der Waals surface area contributed by atoms with Crippen LogP contribution in [0.5, 0.6) is 0 Å². The van der Waals surface area contributed by atoms with Crippen LogP contribution >= 0.6 is 0 Å². The van der Waals surface area contributed by atoms with Gasteiger partial charge in [0.2, 0.25) is 5.91 Å². The lowest BCUT2D eigenvalue weighted by molar-refractivity contribution is -0.129. The third-order valence-corrected chi connectivity index (χ3v) is 3.41. The fraction of sp³-hybridized carbons (Fsp3) is 0.889. The van der Waals surface area contributed by atoms with Gasteiger partial charge in [-0.3, -0.25) is 9.59 Å². The lowest BCUT2D eigenvalue weighted by atomic mass is 9.84. The first kappa shape index (κ1) is 21.1. The molecule has 0 unspecified atom stereocenters. The molecule has 1 amide bonds. The van der Waals surface area contributed by atoms with E-state index in [1.807, 2.05) is 34.6 Å². The molecule has 0 aromatic carbocycles. The van der Waals surface area contributed by atoms with Crippen LogP contribution in [0.15, 0.2) is 0 Å². The van der Waals surface area contributed by atoms with Gasteiger partial charge in [0.25, 0.3) is 0 Å². The van der Waals surface area contributed by atoms with Crippen LogP contribution in [0, 0.1) is 11.3 Å². The first-order chi connectivity index (χ1) is 9.84. The van der Waals surface area contributed by atoms with Gasteiger partial charge in [-0.1, -0.05) is 34.6 Å². The zero-order valence-electron chi connectivity index (χ0n) is 15.8. The molecule has 0 aromatic heterocycles. The summed E-state index contributed by atoms with van der Waals surface area (Å²) in [6, 6.07) is -0.124. The number of ketones is 1. The van der Waals surface area contributed by atoms with Crippen molar-refractivity contribution in [3.05, 3.63) is 0 Å². The molecule has 2 N–H and O–H groups in total. The van der Waals surface area contributed by atoms with Gasteiger partial charge in [-0.05, 0) is 40.0 Å². The molecule has 130 valence electrons. The van der Waals surface area contributed by atoms with E-state index in [-0.39, 0.29) is 34.6 Å². The van der Waals surface area contributed by atoms with Gasteiger partial charge in [-0.25, -0.2) is 0 Å². The number of Topliss-reactive ketones (excluding diaryl/α,β-unsaturated/α-hetero) is 1. The molecule has 0 heterocycles. The first-order valence-corrected chi connectivity index (χ1v) is 8.44. The molecule has 0 aliphatic heterocycles. The van der Waals surface area contributed by atoms with E-state index in [2.05, 4.69) is 31.4 Å². The Labute approximate surface area is 136 Å². The van der Waals surface area contributed by atoms with E-state index in [1.165, 1.54) is 0 Å². The topological polar surface area (TPSA) is 58.2 Å². The summed E-state index contributed by atoms with van der Waals surface area (Å²) >= 11 is 0. The molecule has 0 spiro atoms. The number of amides is 1. The monoisotopic (exact) mass is 312 g/mol. The third-order valence-electron chi connectivity index (χ3n) is 3.41. The van der Waals surface area contributed by atoms with Gasteiger partial charge < -0.3 is 10.6 Å². The predicted octanol–water partition coefficient (Wildman–Crippen LogP) is 3.30. The first-order valence-electron chi connectivity index (χ1n) is 8.44. The van der Waals surface area contributed by atoms with Crippen molar-refractivity contribution in [2.45, 2.75) is 86.2 Å². The number of nitrogens with one attached hydrogen (secondary N) is 2. The summed E-state index contributed by atoms with van der Waals surface area (Å²) in [4.78, 5) is 24.1. The Balaban J connectivity index is 4.37. The maximum absolute atomic E-state index is 12.6. The Morgan fingerprint density at radius 2 is 1.50 bits per heavy atom. The second-order valence-electron chi connectivity index (χ2n) is 8.50. The van der Waals surface area contributed by atoms with Crippen LogP contribution < -0.4 is 10.6 Å². The van der Waals surface area contributed by atoms with Crippen molar-refractivity contribution in [1.82, 2.24) is 10.6 Å². The van der Waals surface area contributed by atoms with Gasteiger partial charge in [0.1, 0.15) is 0 Å². The zero-order valence-corrected chi connectivity index (χ0v) is 15.8. The van der Waals surface area contributed by atoms with E-state index in [1.54, 1.807) is 0 Å². The highest BCUT2D eigenvalue weighted by Crippen LogP contribution is 2.21. The van der Waals surface area contributed by atoms with Crippen molar-refractivity contribution < 1.29 is 9.59 Å². The van der Waals surface area contributed by atoms with Gasteiger partial charge >= 0.3 is 0 Å². The molecule has 0 rings (SSSR count). The Morgan fingerprint density at radius 3 is 1.91 bits per heavy atom. The summed E-state index contributed by atoms with van der Waals surface area (Å²) < 4.78 is 0. The maximum atomic E-state index is 12.6. The molecule has 4 heteroatoms. The Morgan fingerprint density at radius 1 is 0.955 bits per heavy atom. The molecule has 4 nitrogen and oxygen atoms in total. The summed E-state index contributed by atoms with van der Waals surface area (Å²) in [7, 11) is 0. The third kappa shape index (κ3) is 9.19. The molecule has 0 saturated carbocycles. The second kappa shape index (κ2) is 8.66. The van der Waals surface area contributed by atoms with E-state index in [9.17, 15) is 9.59 Å². The number of carbonyl (C=O) groups is 2. The van der Waals surface area contributed by atoms with Crippen LogP contribution in [0.3, 0.4) is 0 Å². The molecule has 0 radical (unpaired) electrons. The molecule has 0 saturated heterocycles. The van der Waals surface area contributed by atoms with Crippen LogP contribution in [-0.4, -0.2) is 29.8 Å². The fourth-order valence-electron chi connectivity index (χ4n) is 2.20. The van der Waals surface area contributed by atoms with Crippen molar-refractivity contribution >= 4 is 11.7 Å². The van der Waals surface area contributed by atoms with Gasteiger partial charge in [0.15, 0.2) is 5.78 Å². The largest absolute Gasteiger partial charge is 0.356 e. The Kier molecular flexibility index (Phi) is 8.30. The van der Waals surface area contributed by atoms with E-state index in [0.29, 0.717) is 6.54 Å². The highest BCUT2D eigenvalue weighted by molar-refractivity contribution is 5.88. The van der Waals surface area contributed by atoms with Crippen LogP contribution in [0.2, 0.25) is 0 Å². The summed E-state index contributed by atoms with van der Waals surface area (Å²) in [6.45, 7) is 16.6. The average Bonchev–Trinajstić information content (AvgIpc) is 2.33. The molecule has 0 aliphatic rings. The van der Waals surface area contributed by atoms with Gasteiger partial charge in [-0.15, -0.1) is 0 Å². The van der Waals surface area contributed by atoms with Crippen molar-refractivity contribution in [2.75, 3.05) is 6.54 Å². The number of hydrogen-bond acceptors (Lipinski definition) is 3. The second-order valence-corrected chi connectivity index (χ2v) is 8.50. The van der Waals surface area contributed by atoms with Crippen LogP contribution in [0.25, 0.3) is 0 Å². The molecular weight excluding hydrogens is 276 g/mol. The summed E-state index contributed by atoms with van der Waals surface area (Å²) in [5, 5.41) is 6.36. The SMILES string of the molecule is CC(C)C(=O)NCCCC[C@H](NC(C)(C)C)C(=O)C(C)(C)C. The van der Waals surface area contributed by atoms with E-state index in [0.717, 1.165) is 19.3 Å². The van der Waals surface area contributed by atoms with Crippen LogP contribution in [-0.2, 0) is 9.59 Å². The molecule has 22 heavy (non-hydrogen) atoms. The molecule has 0 fully saturated rings. The predicted molar refractivity (Wildman–Crippen MR) is 92.8 cm³/mol. The number of rotatable bonds is 8. The summed E-state index contributed by atoms with van der Waals surface area (Å²) in [5.74, 6) is 0.376. The molecule has 1 atom stereocenters. The van der Waals surface area contributed by atoms with Gasteiger partial charge in [0.05, 0.1) is 6.04 Å². The smallest absolute Gasteiger partial charge is 0.222 e. The molecule has 0 bridgehead atoms. The average molecular weight is 312 g/mol. The van der Waals surface area contributed by atoms with E-state index < -0.39 is 0 Å². The number of unbranched alkanes of at least 4 members (excludes halogenated alkanes) is 1. The van der Waals surface area contributed by atoms with Gasteiger partial charge in [-0.2, -0.15) is 0 Å². The highest BCUT2D eigenvalue weighted by atomic mass is 16.1. The lowest BCUT2D eigenvalue weighted by Gasteiger charge is -2.31. The number of carbonyl (C=O) groups excluding carboxylic acids is 2. The van der Waals surface area contributed by atoms with Crippen molar-refractivity contribution in [1.29, 1.82) is 0 Å². The minimum atomic E-state index is -0.339. The van der Waals surface area contributed by atoms with Crippen molar-refractivity contribution in [3.8, 4) is 0 Å². The minimum absolute atomic E-state index is 0.0257. The standard InChI is InChI=1S/C18H36N2O2/c1-13(2)16(22)19-12-10-9-11-14(20-18(6,7)8)15(21)17(3,4)5/h13-14,20H,9-12H2,1-8H3,(H,19,22)/t14-/m0/s1. The fourth-order valence-corrected chi connectivity index (χ4v) is 2.20.